The van der Waals surface area contributed by atoms with E-state index in [1.165, 1.54) is 0 Å². The molecular formula is C7H13N2Pt-3. The van der Waals surface area contributed by atoms with Gasteiger partial charge in [-0.1, -0.05) is 6.07 Å². The maximum atomic E-state index is 3.78. The first-order valence-corrected chi connectivity index (χ1v) is 1.85. The van der Waals surface area contributed by atoms with E-state index in [1.54, 1.807) is 12.4 Å². The smallest absolute Gasteiger partial charge is 0.0267 e. The molecule has 0 aliphatic rings. The van der Waals surface area contributed by atoms with Gasteiger partial charge in [0.05, 0.1) is 0 Å². The summed E-state index contributed by atoms with van der Waals surface area (Å²) in [5, 5.41) is 0. The monoisotopic (exact) mass is 320 g/mol. The first kappa shape index (κ1) is 22.6. The number of hydrogen-bond donors (Lipinski definition) is 0. The molecule has 0 radical (unpaired) electrons. The molecule has 0 spiro atoms. The molecule has 0 bridgehead atoms. The summed E-state index contributed by atoms with van der Waals surface area (Å²) >= 11 is 0. The molecular weight excluding hydrogens is 307 g/mol. The topological polar surface area (TPSA) is 46.4 Å². The van der Waals surface area contributed by atoms with Gasteiger partial charge < -0.3 is 21.0 Å². The minimum Gasteiger partial charge on any atom is -0.693 e. The molecule has 0 aliphatic heterocycles. The molecule has 1 aromatic heterocycles. The molecule has 2 N–H and O–H groups in total. The van der Waals surface area contributed by atoms with E-state index in [0.29, 0.717) is 0 Å². The van der Waals surface area contributed by atoms with Crippen molar-refractivity contribution in [1.82, 2.24) is 4.98 Å². The van der Waals surface area contributed by atoms with Crippen molar-refractivity contribution < 1.29 is 21.1 Å². The maximum absolute atomic E-state index is 3.78. The van der Waals surface area contributed by atoms with Crippen LogP contribution in [0.3, 0.4) is 0 Å². The maximum Gasteiger partial charge on any atom is 0.0267 e. The fourth-order valence-corrected chi connectivity index (χ4v) is 0.313. The van der Waals surface area contributed by atoms with Crippen LogP contribution in [0.15, 0.2) is 30.6 Å². The summed E-state index contributed by atoms with van der Waals surface area (Å²) in [7, 11) is 0. The zero-order valence-corrected chi connectivity index (χ0v) is 8.50. The number of nitrogens with two attached hydrogens (primary N) is 1. The second-order valence-corrected chi connectivity index (χ2v) is 1.02. The van der Waals surface area contributed by atoms with Crippen LogP contribution in [0, 0.1) is 14.9 Å². The Morgan fingerprint density at radius 2 is 1.20 bits per heavy atom. The molecule has 10 heavy (non-hydrogen) atoms. The molecule has 0 aliphatic carbocycles. The summed E-state index contributed by atoms with van der Waals surface area (Å²) < 4.78 is 0. The summed E-state index contributed by atoms with van der Waals surface area (Å²) in [6, 6.07) is 5.72. The van der Waals surface area contributed by atoms with Crippen molar-refractivity contribution in [3.63, 3.8) is 0 Å². The summed E-state index contributed by atoms with van der Waals surface area (Å²) in [4.78, 5) is 3.78. The fraction of sp³-hybridized carbons (Fsp3) is 0. The fourth-order valence-electron chi connectivity index (χ4n) is 0.313. The molecule has 0 saturated carbocycles. The molecule has 3 heteroatoms. The van der Waals surface area contributed by atoms with Crippen LogP contribution in [0.2, 0.25) is 0 Å². The van der Waals surface area contributed by atoms with E-state index >= 15 is 0 Å². The third kappa shape index (κ3) is 10.7. The zero-order valence-electron chi connectivity index (χ0n) is 6.23. The summed E-state index contributed by atoms with van der Waals surface area (Å²) in [5.74, 6) is 0. The first-order valence-electron chi connectivity index (χ1n) is 1.85. The van der Waals surface area contributed by atoms with Crippen molar-refractivity contribution in [3.8, 4) is 0 Å². The number of rotatable bonds is 0. The van der Waals surface area contributed by atoms with Crippen LogP contribution >= 0.6 is 0 Å². The van der Waals surface area contributed by atoms with Gasteiger partial charge in [0.25, 0.3) is 0 Å². The average molecular weight is 320 g/mol. The van der Waals surface area contributed by atoms with Gasteiger partial charge in [0.1, 0.15) is 0 Å². The van der Waals surface area contributed by atoms with E-state index in [0.717, 1.165) is 0 Å². The van der Waals surface area contributed by atoms with Crippen LogP contribution in [-0.2, 0) is 21.1 Å². The summed E-state index contributed by atoms with van der Waals surface area (Å²) in [6.07, 6.45) is 3.50. The Labute approximate surface area is 77.9 Å². The Hall–Kier alpha value is -0.202. The minimum atomic E-state index is 0. The van der Waals surface area contributed by atoms with E-state index < -0.39 is 0 Å². The van der Waals surface area contributed by atoms with Gasteiger partial charge in [-0.25, -0.2) is 0 Å². The Kier molecular flexibility index (Phi) is 35.9. The molecule has 0 saturated heterocycles. The zero-order chi connectivity index (χ0) is 4.24. The van der Waals surface area contributed by atoms with Gasteiger partial charge in [0, 0.05) is 33.5 Å². The van der Waals surface area contributed by atoms with Crippen LogP contribution < -0.4 is 0 Å². The third-order valence-electron chi connectivity index (χ3n) is 0.566. The molecule has 2 nitrogen and oxygen atoms in total. The van der Waals surface area contributed by atoms with Crippen molar-refractivity contribution in [3.05, 3.63) is 51.6 Å². The quantitative estimate of drug-likeness (QED) is 0.678. The van der Waals surface area contributed by atoms with Gasteiger partial charge in [-0.15, -0.1) is 0 Å². The van der Waals surface area contributed by atoms with Crippen molar-refractivity contribution >= 4 is 0 Å². The van der Waals surface area contributed by atoms with E-state index in [4.69, 9.17) is 0 Å². The Balaban J connectivity index is -0.0000000450. The average Bonchev–Trinajstić information content (AvgIpc) is 1.72. The Bertz CT molecular complexity index is 83.5. The first-order chi connectivity index (χ1) is 3.00. The van der Waals surface area contributed by atoms with E-state index in [1.807, 2.05) is 18.2 Å². The normalized spacial score (nSPS) is 4.80. The number of pyridine rings is 1. The van der Waals surface area contributed by atoms with E-state index in [2.05, 4.69) is 4.98 Å². The SMILES string of the molecule is [CH3-].[CH3-].[NH2-].[Pt].c1ccncc1. The van der Waals surface area contributed by atoms with E-state index in [-0.39, 0.29) is 42.1 Å². The molecule has 1 heterocycles. The summed E-state index contributed by atoms with van der Waals surface area (Å²) in [6.45, 7) is 0. The molecule has 0 amide bonds. The van der Waals surface area contributed by atoms with E-state index in [9.17, 15) is 0 Å². The Morgan fingerprint density at radius 3 is 1.30 bits per heavy atom. The van der Waals surface area contributed by atoms with Gasteiger partial charge in [-0.2, -0.15) is 0 Å². The summed E-state index contributed by atoms with van der Waals surface area (Å²) in [5.41, 5.74) is 0. The molecule has 0 atom stereocenters. The van der Waals surface area contributed by atoms with Gasteiger partial charge in [0.15, 0.2) is 0 Å². The number of aromatic nitrogens is 1. The van der Waals surface area contributed by atoms with Gasteiger partial charge in [-0.05, 0) is 12.1 Å². The van der Waals surface area contributed by atoms with Gasteiger partial charge in [0.2, 0.25) is 0 Å². The molecule has 64 valence electrons. The predicted molar refractivity (Wildman–Crippen MR) is 42.3 cm³/mol. The largest absolute Gasteiger partial charge is 0.693 e. The molecule has 0 unspecified atom stereocenters. The van der Waals surface area contributed by atoms with Crippen molar-refractivity contribution in [2.75, 3.05) is 0 Å². The number of hydrogen-bond acceptors (Lipinski definition) is 1. The predicted octanol–water partition coefficient (Wildman–Crippen LogP) is 2.70. The number of nitrogens with zero attached hydrogens (tertiary/aromatic N) is 1. The second kappa shape index (κ2) is 15.9. The second-order valence-electron chi connectivity index (χ2n) is 1.02. The molecule has 0 fully saturated rings. The third-order valence-corrected chi connectivity index (χ3v) is 0.566. The molecule has 1 aromatic rings. The van der Waals surface area contributed by atoms with Crippen LogP contribution in [0.5, 0.6) is 0 Å². The van der Waals surface area contributed by atoms with Crippen LogP contribution in [0.4, 0.5) is 0 Å². The van der Waals surface area contributed by atoms with Crippen molar-refractivity contribution in [1.29, 1.82) is 0 Å². The van der Waals surface area contributed by atoms with Gasteiger partial charge in [-0.3, -0.25) is 4.98 Å². The van der Waals surface area contributed by atoms with Crippen LogP contribution in [0.1, 0.15) is 0 Å². The van der Waals surface area contributed by atoms with Crippen LogP contribution in [0.25, 0.3) is 6.15 Å². The molecule has 0 aromatic carbocycles. The van der Waals surface area contributed by atoms with Crippen molar-refractivity contribution in [2.45, 2.75) is 0 Å². The minimum absolute atomic E-state index is 0. The van der Waals surface area contributed by atoms with Crippen LogP contribution in [-0.4, -0.2) is 4.98 Å². The standard InChI is InChI=1S/C5H5N.2CH3.H2N.Pt/c1-2-4-6-5-3-1;;;;/h1-5H;2*1H3;1H2;/q;3*-1;. The van der Waals surface area contributed by atoms with Gasteiger partial charge >= 0.3 is 0 Å². The Morgan fingerprint density at radius 1 is 0.800 bits per heavy atom. The molecule has 1 rings (SSSR count). The van der Waals surface area contributed by atoms with Crippen molar-refractivity contribution in [2.24, 2.45) is 0 Å².